The molecule has 0 N–H and O–H groups in total. The van der Waals surface area contributed by atoms with E-state index in [2.05, 4.69) is 68.9 Å². The van der Waals surface area contributed by atoms with E-state index in [-0.39, 0.29) is 0 Å². The van der Waals surface area contributed by atoms with E-state index >= 15 is 0 Å². The fraction of sp³-hybridized carbons (Fsp3) is 0.714. The average Bonchev–Trinajstić information content (AvgIpc) is 2.55. The molecule has 1 aromatic rings. The average molecular weight is 317 g/mol. The van der Waals surface area contributed by atoms with Crippen LogP contribution in [0.2, 0.25) is 0 Å². The SMILES string of the molecule is CCCCCCN1CCC(C)(c2cccc(N(C)C)c2)C(C)C1. The third kappa shape index (κ3) is 4.50. The van der Waals surface area contributed by atoms with Crippen molar-refractivity contribution < 1.29 is 0 Å². The van der Waals surface area contributed by atoms with Crippen LogP contribution in [0.1, 0.15) is 58.4 Å². The van der Waals surface area contributed by atoms with Crippen molar-refractivity contribution in [3.8, 4) is 0 Å². The molecule has 2 rings (SSSR count). The van der Waals surface area contributed by atoms with Crippen LogP contribution in [-0.2, 0) is 5.41 Å². The van der Waals surface area contributed by atoms with Crippen LogP contribution in [0.3, 0.4) is 0 Å². The topological polar surface area (TPSA) is 6.48 Å². The summed E-state index contributed by atoms with van der Waals surface area (Å²) in [7, 11) is 4.26. The Labute approximate surface area is 143 Å². The first-order valence-electron chi connectivity index (χ1n) is 9.47. The Morgan fingerprint density at radius 3 is 2.65 bits per heavy atom. The second kappa shape index (κ2) is 8.19. The summed E-state index contributed by atoms with van der Waals surface area (Å²) in [6.45, 7) is 11.0. The number of unbranched alkanes of at least 4 members (excludes halogenated alkanes) is 3. The third-order valence-electron chi connectivity index (χ3n) is 5.92. The minimum Gasteiger partial charge on any atom is -0.378 e. The predicted octanol–water partition coefficient (Wildman–Crippen LogP) is 4.93. The van der Waals surface area contributed by atoms with E-state index < -0.39 is 0 Å². The summed E-state index contributed by atoms with van der Waals surface area (Å²) in [4.78, 5) is 4.90. The number of likely N-dealkylation sites (tertiary alicyclic amines) is 1. The zero-order valence-electron chi connectivity index (χ0n) is 15.9. The van der Waals surface area contributed by atoms with Gasteiger partial charge >= 0.3 is 0 Å². The maximum absolute atomic E-state index is 2.69. The Balaban J connectivity index is 1.99. The summed E-state index contributed by atoms with van der Waals surface area (Å²) in [5.41, 5.74) is 3.14. The number of rotatable bonds is 7. The second-order valence-corrected chi connectivity index (χ2v) is 7.87. The van der Waals surface area contributed by atoms with Gasteiger partial charge in [-0.1, -0.05) is 52.2 Å². The van der Waals surface area contributed by atoms with Gasteiger partial charge in [-0.05, 0) is 55.0 Å². The molecule has 23 heavy (non-hydrogen) atoms. The number of hydrogen-bond donors (Lipinski definition) is 0. The van der Waals surface area contributed by atoms with Gasteiger partial charge in [0.2, 0.25) is 0 Å². The lowest BCUT2D eigenvalue weighted by atomic mass is 9.68. The van der Waals surface area contributed by atoms with Gasteiger partial charge in [0.25, 0.3) is 0 Å². The van der Waals surface area contributed by atoms with Crippen LogP contribution in [0.5, 0.6) is 0 Å². The van der Waals surface area contributed by atoms with Gasteiger partial charge in [-0.2, -0.15) is 0 Å². The Bertz CT molecular complexity index is 482. The van der Waals surface area contributed by atoms with Crippen LogP contribution in [0.4, 0.5) is 5.69 Å². The number of nitrogens with zero attached hydrogens (tertiary/aromatic N) is 2. The largest absolute Gasteiger partial charge is 0.378 e. The molecule has 0 aromatic heterocycles. The van der Waals surface area contributed by atoms with Crippen LogP contribution in [0, 0.1) is 5.92 Å². The van der Waals surface area contributed by atoms with E-state index in [0.717, 1.165) is 0 Å². The first kappa shape index (κ1) is 18.3. The van der Waals surface area contributed by atoms with Gasteiger partial charge in [-0.3, -0.25) is 0 Å². The van der Waals surface area contributed by atoms with E-state index in [0.29, 0.717) is 11.3 Å². The van der Waals surface area contributed by atoms with E-state index in [1.165, 1.54) is 63.0 Å². The van der Waals surface area contributed by atoms with Gasteiger partial charge in [0.1, 0.15) is 0 Å². The lowest BCUT2D eigenvalue weighted by Gasteiger charge is -2.45. The molecule has 130 valence electrons. The van der Waals surface area contributed by atoms with Crippen LogP contribution >= 0.6 is 0 Å². The first-order valence-corrected chi connectivity index (χ1v) is 9.47. The van der Waals surface area contributed by atoms with Crippen LogP contribution in [0.15, 0.2) is 24.3 Å². The molecule has 1 heterocycles. The number of hydrogen-bond acceptors (Lipinski definition) is 2. The first-order chi connectivity index (χ1) is 11.0. The highest BCUT2D eigenvalue weighted by molar-refractivity contribution is 5.49. The molecule has 0 saturated carbocycles. The van der Waals surface area contributed by atoms with Crippen LogP contribution in [0.25, 0.3) is 0 Å². The molecule has 0 radical (unpaired) electrons. The molecule has 2 heteroatoms. The number of anilines is 1. The minimum absolute atomic E-state index is 0.311. The molecule has 0 spiro atoms. The quantitative estimate of drug-likeness (QED) is 0.658. The van der Waals surface area contributed by atoms with Gasteiger partial charge in [0, 0.05) is 26.3 Å². The van der Waals surface area contributed by atoms with Gasteiger partial charge in [-0.15, -0.1) is 0 Å². The maximum Gasteiger partial charge on any atom is 0.0363 e. The van der Waals surface area contributed by atoms with E-state index in [9.17, 15) is 0 Å². The monoisotopic (exact) mass is 316 g/mol. The Kier molecular flexibility index (Phi) is 6.52. The zero-order chi connectivity index (χ0) is 16.9. The molecule has 1 fully saturated rings. The highest BCUT2D eigenvalue weighted by atomic mass is 15.1. The Morgan fingerprint density at radius 1 is 1.22 bits per heavy atom. The normalized spacial score (nSPS) is 25.5. The summed E-state index contributed by atoms with van der Waals surface area (Å²) in [5.74, 6) is 0.708. The fourth-order valence-electron chi connectivity index (χ4n) is 3.85. The lowest BCUT2D eigenvalue weighted by Crippen LogP contribution is -2.47. The van der Waals surface area contributed by atoms with Crippen molar-refractivity contribution in [2.24, 2.45) is 5.92 Å². The van der Waals surface area contributed by atoms with E-state index in [4.69, 9.17) is 0 Å². The van der Waals surface area contributed by atoms with E-state index in [1.54, 1.807) is 0 Å². The molecule has 0 bridgehead atoms. The van der Waals surface area contributed by atoms with Crippen molar-refractivity contribution in [1.29, 1.82) is 0 Å². The molecule has 0 aliphatic carbocycles. The fourth-order valence-corrected chi connectivity index (χ4v) is 3.85. The molecule has 2 atom stereocenters. The highest BCUT2D eigenvalue weighted by Gasteiger charge is 2.37. The van der Waals surface area contributed by atoms with Crippen molar-refractivity contribution in [3.63, 3.8) is 0 Å². The predicted molar refractivity (Wildman–Crippen MR) is 102 cm³/mol. The Hall–Kier alpha value is -1.02. The molecule has 0 amide bonds. The molecule has 2 nitrogen and oxygen atoms in total. The lowest BCUT2D eigenvalue weighted by molar-refractivity contribution is 0.109. The van der Waals surface area contributed by atoms with Gasteiger partial charge in [-0.25, -0.2) is 0 Å². The molecule has 1 aromatic carbocycles. The summed E-state index contributed by atoms with van der Waals surface area (Å²) >= 11 is 0. The Morgan fingerprint density at radius 2 is 2.00 bits per heavy atom. The second-order valence-electron chi connectivity index (χ2n) is 7.87. The molecular formula is C21H36N2. The summed E-state index contributed by atoms with van der Waals surface area (Å²) in [6, 6.07) is 9.16. The van der Waals surface area contributed by atoms with Crippen molar-refractivity contribution in [2.75, 3.05) is 38.6 Å². The van der Waals surface area contributed by atoms with Crippen molar-refractivity contribution in [3.05, 3.63) is 29.8 Å². The smallest absolute Gasteiger partial charge is 0.0363 e. The van der Waals surface area contributed by atoms with Crippen LogP contribution in [-0.4, -0.2) is 38.6 Å². The van der Waals surface area contributed by atoms with Crippen molar-refractivity contribution in [1.82, 2.24) is 4.90 Å². The van der Waals surface area contributed by atoms with Crippen LogP contribution < -0.4 is 4.90 Å². The number of benzene rings is 1. The molecule has 1 aliphatic heterocycles. The standard InChI is InChI=1S/C21H36N2/c1-6-7-8-9-14-23-15-13-21(3,18(2)17-23)19-11-10-12-20(16-19)22(4)5/h10-12,16,18H,6-9,13-15,17H2,1-5H3. The molecule has 1 saturated heterocycles. The van der Waals surface area contributed by atoms with E-state index in [1.807, 2.05) is 0 Å². The van der Waals surface area contributed by atoms with Gasteiger partial charge in [0.05, 0.1) is 0 Å². The van der Waals surface area contributed by atoms with Crippen molar-refractivity contribution in [2.45, 2.75) is 58.3 Å². The summed E-state index contributed by atoms with van der Waals surface area (Å²) in [5, 5.41) is 0. The van der Waals surface area contributed by atoms with Crippen molar-refractivity contribution >= 4 is 5.69 Å². The number of piperidine rings is 1. The highest BCUT2D eigenvalue weighted by Crippen LogP contribution is 2.40. The molecular weight excluding hydrogens is 280 g/mol. The zero-order valence-corrected chi connectivity index (χ0v) is 15.9. The molecule has 1 aliphatic rings. The third-order valence-corrected chi connectivity index (χ3v) is 5.92. The van der Waals surface area contributed by atoms with Gasteiger partial charge in [0.15, 0.2) is 0 Å². The summed E-state index contributed by atoms with van der Waals surface area (Å²) in [6.07, 6.45) is 6.75. The molecule has 2 unspecified atom stereocenters. The summed E-state index contributed by atoms with van der Waals surface area (Å²) < 4.78 is 0. The minimum atomic E-state index is 0.311. The maximum atomic E-state index is 2.69. The van der Waals surface area contributed by atoms with Gasteiger partial charge < -0.3 is 9.80 Å².